The third kappa shape index (κ3) is 4.21. The first-order chi connectivity index (χ1) is 18.2. The third-order valence-electron chi connectivity index (χ3n) is 6.99. The monoisotopic (exact) mass is 492 g/mol. The normalized spacial score (nSPS) is 15.9. The number of para-hydroxylation sites is 1. The van der Waals surface area contributed by atoms with Crippen LogP contribution in [-0.2, 0) is 0 Å². The number of nitrogens with zero attached hydrogens (tertiary/aromatic N) is 6. The highest BCUT2D eigenvalue weighted by Crippen LogP contribution is 2.44. The highest BCUT2D eigenvalue weighted by atomic mass is 19.1. The summed E-state index contributed by atoms with van der Waals surface area (Å²) in [6.45, 7) is 3.60. The first-order valence-electron chi connectivity index (χ1n) is 12.6. The largest absolute Gasteiger partial charge is 0.353 e. The molecule has 5 heterocycles. The maximum Gasteiger partial charge on any atom is 0.168 e. The fourth-order valence-electron chi connectivity index (χ4n) is 4.96. The summed E-state index contributed by atoms with van der Waals surface area (Å²) in [7, 11) is 0. The lowest BCUT2D eigenvalue weighted by Gasteiger charge is -2.30. The molecule has 1 aromatic carbocycles. The topological polar surface area (TPSA) is 91.8 Å². The van der Waals surface area contributed by atoms with Crippen LogP contribution in [-0.4, -0.2) is 51.1 Å². The molecule has 1 saturated heterocycles. The van der Waals surface area contributed by atoms with Gasteiger partial charge >= 0.3 is 0 Å². The van der Waals surface area contributed by atoms with E-state index in [0.29, 0.717) is 23.1 Å². The third-order valence-corrected chi connectivity index (χ3v) is 6.99. The second kappa shape index (κ2) is 9.01. The van der Waals surface area contributed by atoms with E-state index in [1.807, 2.05) is 48.8 Å². The van der Waals surface area contributed by atoms with E-state index in [-0.39, 0.29) is 5.82 Å². The lowest BCUT2D eigenvalue weighted by Crippen LogP contribution is -2.44. The molecule has 0 radical (unpaired) electrons. The van der Waals surface area contributed by atoms with E-state index >= 15 is 0 Å². The second-order valence-electron chi connectivity index (χ2n) is 9.57. The molecule has 7 rings (SSSR count). The van der Waals surface area contributed by atoms with Crippen molar-refractivity contribution in [3.8, 4) is 11.4 Å². The number of halogens is 1. The van der Waals surface area contributed by atoms with Crippen molar-refractivity contribution in [1.82, 2.24) is 30.2 Å². The van der Waals surface area contributed by atoms with Crippen molar-refractivity contribution >= 4 is 39.3 Å². The van der Waals surface area contributed by atoms with E-state index < -0.39 is 5.82 Å². The van der Waals surface area contributed by atoms with Crippen molar-refractivity contribution in [2.75, 3.05) is 36.4 Å². The van der Waals surface area contributed by atoms with Gasteiger partial charge in [-0.05, 0) is 48.6 Å². The summed E-state index contributed by atoms with van der Waals surface area (Å²) < 4.78 is 14.8. The number of rotatable bonds is 5. The van der Waals surface area contributed by atoms with Crippen molar-refractivity contribution in [3.05, 3.63) is 72.4 Å². The zero-order valence-electron chi connectivity index (χ0n) is 20.2. The second-order valence-corrected chi connectivity index (χ2v) is 9.57. The minimum Gasteiger partial charge on any atom is -0.353 e. The van der Waals surface area contributed by atoms with Gasteiger partial charge in [-0.15, -0.1) is 0 Å². The number of fused-ring (bicyclic) bond motifs is 2. The van der Waals surface area contributed by atoms with E-state index in [0.717, 1.165) is 53.8 Å². The number of aromatic nitrogens is 5. The summed E-state index contributed by atoms with van der Waals surface area (Å²) in [5, 5.41) is 8.32. The van der Waals surface area contributed by atoms with Gasteiger partial charge in [0.2, 0.25) is 0 Å². The molecule has 0 atom stereocenters. The summed E-state index contributed by atoms with van der Waals surface area (Å²) in [6.07, 6.45) is 7.85. The first kappa shape index (κ1) is 22.0. The van der Waals surface area contributed by atoms with Crippen LogP contribution in [0.3, 0.4) is 0 Å². The fraction of sp³-hybridized carbons (Fsp3) is 0.250. The quantitative estimate of drug-likeness (QED) is 0.361. The Morgan fingerprint density at radius 1 is 0.946 bits per heavy atom. The average molecular weight is 493 g/mol. The Labute approximate surface area is 213 Å². The minimum absolute atomic E-state index is 0.127. The van der Waals surface area contributed by atoms with Crippen LogP contribution in [0.4, 0.5) is 21.8 Å². The lowest BCUT2D eigenvalue weighted by molar-refractivity contribution is 0.586. The van der Waals surface area contributed by atoms with Crippen LogP contribution < -0.4 is 15.5 Å². The smallest absolute Gasteiger partial charge is 0.168 e. The van der Waals surface area contributed by atoms with Crippen molar-refractivity contribution in [3.63, 3.8) is 0 Å². The molecule has 2 aliphatic rings. The summed E-state index contributed by atoms with van der Waals surface area (Å²) in [5.74, 6) is 2.24. The predicted molar refractivity (Wildman–Crippen MR) is 143 cm³/mol. The molecule has 0 bridgehead atoms. The Hall–Kier alpha value is -4.24. The molecule has 5 aromatic rings. The number of piperazine rings is 1. The van der Waals surface area contributed by atoms with E-state index in [4.69, 9.17) is 9.97 Å². The van der Waals surface area contributed by atoms with Crippen molar-refractivity contribution in [1.29, 1.82) is 0 Å². The van der Waals surface area contributed by atoms with Gasteiger partial charge in [0.05, 0.1) is 17.2 Å². The maximum absolute atomic E-state index is 14.8. The van der Waals surface area contributed by atoms with Crippen molar-refractivity contribution in [2.45, 2.75) is 18.8 Å². The van der Waals surface area contributed by atoms with Crippen LogP contribution in [0.15, 0.2) is 61.1 Å². The van der Waals surface area contributed by atoms with Crippen LogP contribution >= 0.6 is 0 Å². The number of benzene rings is 1. The van der Waals surface area contributed by atoms with Crippen LogP contribution in [0.5, 0.6) is 0 Å². The van der Waals surface area contributed by atoms with Crippen LogP contribution in [0.25, 0.3) is 33.2 Å². The maximum atomic E-state index is 14.8. The Bertz CT molecular complexity index is 1630. The predicted octanol–water partition coefficient (Wildman–Crippen LogP) is 4.80. The Balaban J connectivity index is 1.30. The first-order valence-corrected chi connectivity index (χ1v) is 12.6. The molecule has 37 heavy (non-hydrogen) atoms. The molecule has 2 fully saturated rings. The van der Waals surface area contributed by atoms with E-state index in [1.54, 1.807) is 6.20 Å². The summed E-state index contributed by atoms with van der Waals surface area (Å²) in [4.78, 5) is 25.7. The number of hydrogen-bond donors (Lipinski definition) is 2. The lowest BCUT2D eigenvalue weighted by atomic mass is 10.1. The van der Waals surface area contributed by atoms with Gasteiger partial charge in [0.25, 0.3) is 0 Å². The molecule has 8 nitrogen and oxygen atoms in total. The molecule has 9 heteroatoms. The molecule has 0 amide bonds. The van der Waals surface area contributed by atoms with Gasteiger partial charge in [-0.3, -0.25) is 4.98 Å². The van der Waals surface area contributed by atoms with E-state index in [1.165, 1.54) is 24.5 Å². The van der Waals surface area contributed by atoms with Gasteiger partial charge < -0.3 is 15.5 Å². The van der Waals surface area contributed by atoms with Gasteiger partial charge in [-0.25, -0.2) is 24.3 Å². The van der Waals surface area contributed by atoms with Gasteiger partial charge in [-0.1, -0.05) is 18.2 Å². The molecular weight excluding hydrogens is 467 g/mol. The minimum atomic E-state index is -0.437. The number of pyridine rings is 3. The molecule has 1 aliphatic carbocycles. The summed E-state index contributed by atoms with van der Waals surface area (Å²) in [6, 6.07) is 12.6. The molecule has 1 aliphatic heterocycles. The average Bonchev–Trinajstić information content (AvgIpc) is 3.79. The molecular formula is C28H25FN8. The Kier molecular flexibility index (Phi) is 5.35. The SMILES string of the molecule is Fc1cc2ccccc2nc1Nc1cc(-c2nc(N3CCNCC3)c3c(C4CC4)cncc3n2)ccn1. The van der Waals surface area contributed by atoms with Crippen molar-refractivity contribution in [2.24, 2.45) is 0 Å². The van der Waals surface area contributed by atoms with Gasteiger partial charge in [0, 0.05) is 54.9 Å². The van der Waals surface area contributed by atoms with Crippen LogP contribution in [0.2, 0.25) is 0 Å². The molecule has 0 spiro atoms. The zero-order chi connectivity index (χ0) is 24.8. The summed E-state index contributed by atoms with van der Waals surface area (Å²) in [5.41, 5.74) is 3.58. The molecule has 1 saturated carbocycles. The molecule has 0 unspecified atom stereocenters. The Morgan fingerprint density at radius 3 is 2.68 bits per heavy atom. The van der Waals surface area contributed by atoms with Gasteiger partial charge in [0.15, 0.2) is 17.5 Å². The van der Waals surface area contributed by atoms with Gasteiger partial charge in [0.1, 0.15) is 11.6 Å². The number of anilines is 3. The van der Waals surface area contributed by atoms with Crippen LogP contribution in [0.1, 0.15) is 24.3 Å². The Morgan fingerprint density at radius 2 is 1.81 bits per heavy atom. The fourth-order valence-corrected chi connectivity index (χ4v) is 4.96. The number of nitrogens with one attached hydrogen (secondary N) is 2. The van der Waals surface area contributed by atoms with E-state index in [2.05, 4.69) is 30.5 Å². The zero-order valence-corrected chi connectivity index (χ0v) is 20.2. The highest BCUT2D eigenvalue weighted by molar-refractivity contribution is 5.94. The van der Waals surface area contributed by atoms with E-state index in [9.17, 15) is 4.39 Å². The summed E-state index contributed by atoms with van der Waals surface area (Å²) >= 11 is 0. The molecule has 4 aromatic heterocycles. The van der Waals surface area contributed by atoms with Crippen LogP contribution in [0, 0.1) is 5.82 Å². The highest BCUT2D eigenvalue weighted by Gasteiger charge is 2.29. The molecule has 184 valence electrons. The standard InChI is InChI=1S/C28H25FN8/c29-21-13-18-3-1-2-4-22(18)33-27(21)35-24-14-19(7-8-32-24)26-34-23-16-31-15-20(17-5-6-17)25(23)28(36-26)37-11-9-30-10-12-37/h1-4,7-8,13-17,30H,5-6,9-12H2,(H,32,33,35). The molecule has 2 N–H and O–H groups in total. The van der Waals surface area contributed by atoms with Crippen molar-refractivity contribution < 1.29 is 4.39 Å². The number of hydrogen-bond acceptors (Lipinski definition) is 8. The van der Waals surface area contributed by atoms with Gasteiger partial charge in [-0.2, -0.15) is 0 Å².